The zero-order valence-corrected chi connectivity index (χ0v) is 13.0. The smallest absolute Gasteiger partial charge is 0.142 e. The lowest BCUT2D eigenvalue weighted by Gasteiger charge is -2.25. The van der Waals surface area contributed by atoms with Crippen LogP contribution in [0.3, 0.4) is 0 Å². The number of aryl methyl sites for hydroxylation is 1. The zero-order valence-electron chi connectivity index (χ0n) is 13.0. The van der Waals surface area contributed by atoms with Crippen molar-refractivity contribution in [3.63, 3.8) is 0 Å². The number of halogens is 1. The summed E-state index contributed by atoms with van der Waals surface area (Å²) in [7, 11) is 0. The maximum Gasteiger partial charge on any atom is 0.142 e. The molecule has 0 atom stereocenters. The summed E-state index contributed by atoms with van der Waals surface area (Å²) >= 11 is 0. The summed E-state index contributed by atoms with van der Waals surface area (Å²) < 4.78 is 12.1. The molecule has 1 N–H and O–H groups in total. The van der Waals surface area contributed by atoms with Crippen molar-refractivity contribution >= 4 is 0 Å². The molecular weight excluding hydrogens is 241 g/mol. The molecule has 0 radical (unpaired) electrons. The van der Waals surface area contributed by atoms with Crippen LogP contribution in [0, 0.1) is 6.92 Å². The van der Waals surface area contributed by atoms with Crippen LogP contribution in [0.1, 0.15) is 63.3 Å². The lowest BCUT2D eigenvalue weighted by Crippen LogP contribution is -2.24. The van der Waals surface area contributed by atoms with Crippen LogP contribution in [-0.4, -0.2) is 23.2 Å². The zero-order chi connectivity index (χ0) is 14.6. The molecule has 108 valence electrons. The summed E-state index contributed by atoms with van der Waals surface area (Å²) in [5, 5.41) is 3.01. The van der Waals surface area contributed by atoms with Crippen molar-refractivity contribution in [2.24, 2.45) is 0 Å². The van der Waals surface area contributed by atoms with Crippen LogP contribution in [0.2, 0.25) is 0 Å². The molecule has 1 aromatic rings. The highest BCUT2D eigenvalue weighted by Crippen LogP contribution is 2.30. The average Bonchev–Trinajstić information content (AvgIpc) is 2.26. The second-order valence-electron chi connectivity index (χ2n) is 6.26. The summed E-state index contributed by atoms with van der Waals surface area (Å²) in [5.74, 6) is 1.15. The average molecular weight is 267 g/mol. The van der Waals surface area contributed by atoms with E-state index in [4.69, 9.17) is 4.98 Å². The van der Waals surface area contributed by atoms with Crippen molar-refractivity contribution in [3.8, 4) is 0 Å². The molecule has 0 aliphatic rings. The molecule has 0 saturated heterocycles. The van der Waals surface area contributed by atoms with Crippen LogP contribution < -0.4 is 5.32 Å². The molecule has 0 amide bonds. The van der Waals surface area contributed by atoms with Crippen molar-refractivity contribution < 1.29 is 4.39 Å². The Balaban J connectivity index is 3.16. The van der Waals surface area contributed by atoms with Crippen LogP contribution in [0.5, 0.6) is 0 Å². The molecule has 0 saturated carbocycles. The van der Waals surface area contributed by atoms with E-state index < -0.39 is 0 Å². The maximum atomic E-state index is 12.1. The van der Waals surface area contributed by atoms with Gasteiger partial charge in [0.1, 0.15) is 12.5 Å². The van der Waals surface area contributed by atoms with Gasteiger partial charge >= 0.3 is 0 Å². The Morgan fingerprint density at radius 2 is 1.84 bits per heavy atom. The molecule has 0 aromatic carbocycles. The van der Waals surface area contributed by atoms with E-state index in [0.717, 1.165) is 17.2 Å². The van der Waals surface area contributed by atoms with Crippen molar-refractivity contribution in [1.82, 2.24) is 15.3 Å². The van der Waals surface area contributed by atoms with Crippen molar-refractivity contribution in [2.75, 3.05) is 13.2 Å². The minimum atomic E-state index is -0.366. The van der Waals surface area contributed by atoms with Gasteiger partial charge in [0.05, 0.1) is 12.2 Å². The number of rotatable bonds is 5. The van der Waals surface area contributed by atoms with Gasteiger partial charge in [-0.15, -0.1) is 0 Å². The molecule has 3 nitrogen and oxygen atoms in total. The normalized spacial score (nSPS) is 12.2. The van der Waals surface area contributed by atoms with E-state index >= 15 is 0 Å². The molecule has 4 heteroatoms. The third kappa shape index (κ3) is 4.23. The van der Waals surface area contributed by atoms with Crippen LogP contribution in [0.4, 0.5) is 4.39 Å². The number of aromatic nitrogens is 2. The number of hydrogen-bond acceptors (Lipinski definition) is 3. The van der Waals surface area contributed by atoms with Crippen LogP contribution in [0.25, 0.3) is 0 Å². The van der Waals surface area contributed by atoms with Crippen LogP contribution in [0.15, 0.2) is 0 Å². The fourth-order valence-corrected chi connectivity index (χ4v) is 2.25. The third-order valence-electron chi connectivity index (χ3n) is 3.02. The Morgan fingerprint density at radius 3 is 2.32 bits per heavy atom. The molecular formula is C15H26FN3. The predicted molar refractivity (Wildman–Crippen MR) is 77.2 cm³/mol. The van der Waals surface area contributed by atoms with Gasteiger partial charge in [-0.3, -0.25) is 0 Å². The molecule has 1 heterocycles. The summed E-state index contributed by atoms with van der Waals surface area (Å²) in [4.78, 5) is 9.25. The highest BCUT2D eigenvalue weighted by Gasteiger charge is 2.24. The Kier molecular flexibility index (Phi) is 5.41. The minimum absolute atomic E-state index is 0.0118. The maximum absolute atomic E-state index is 12.1. The lowest BCUT2D eigenvalue weighted by atomic mass is 9.84. The monoisotopic (exact) mass is 267 g/mol. The SMILES string of the molecule is Cc1nc(CNCCF)nc(C(C)(C)C)c1C(C)C. The summed E-state index contributed by atoms with van der Waals surface area (Å²) in [6.07, 6.45) is 0. The number of alkyl halides is 1. The molecule has 19 heavy (non-hydrogen) atoms. The van der Waals surface area contributed by atoms with Crippen LogP contribution in [-0.2, 0) is 12.0 Å². The number of hydrogen-bond donors (Lipinski definition) is 1. The highest BCUT2D eigenvalue weighted by molar-refractivity contribution is 5.33. The molecule has 1 aromatic heterocycles. The predicted octanol–water partition coefficient (Wildman–Crippen LogP) is 3.27. The van der Waals surface area contributed by atoms with Crippen molar-refractivity contribution in [1.29, 1.82) is 0 Å². The molecule has 0 unspecified atom stereocenters. The first-order chi connectivity index (χ1) is 8.77. The Labute approximate surface area is 116 Å². The first-order valence-electron chi connectivity index (χ1n) is 6.92. The largest absolute Gasteiger partial charge is 0.307 e. The molecule has 1 rings (SSSR count). The lowest BCUT2D eigenvalue weighted by molar-refractivity contribution is 0.462. The minimum Gasteiger partial charge on any atom is -0.307 e. The van der Waals surface area contributed by atoms with Gasteiger partial charge in [0.2, 0.25) is 0 Å². The van der Waals surface area contributed by atoms with E-state index in [2.05, 4.69) is 44.9 Å². The quantitative estimate of drug-likeness (QED) is 0.832. The molecule has 0 aliphatic heterocycles. The van der Waals surface area contributed by atoms with Gasteiger partial charge in [0.25, 0.3) is 0 Å². The summed E-state index contributed by atoms with van der Waals surface area (Å²) in [5.41, 5.74) is 3.36. The standard InChI is InChI=1S/C15H26FN3/c1-10(2)13-11(3)18-12(9-17-8-7-16)19-14(13)15(4,5)6/h10,17H,7-9H2,1-6H3. The third-order valence-corrected chi connectivity index (χ3v) is 3.02. The molecule has 0 spiro atoms. The number of nitrogens with zero attached hydrogens (tertiary/aromatic N) is 2. The number of nitrogens with one attached hydrogen (secondary N) is 1. The fourth-order valence-electron chi connectivity index (χ4n) is 2.25. The van der Waals surface area contributed by atoms with E-state index in [1.165, 1.54) is 5.56 Å². The van der Waals surface area contributed by atoms with Crippen LogP contribution >= 0.6 is 0 Å². The van der Waals surface area contributed by atoms with Crippen molar-refractivity contribution in [3.05, 3.63) is 22.8 Å². The highest BCUT2D eigenvalue weighted by atomic mass is 19.1. The van der Waals surface area contributed by atoms with Gasteiger partial charge in [-0.1, -0.05) is 34.6 Å². The Bertz CT molecular complexity index is 422. The van der Waals surface area contributed by atoms with Gasteiger partial charge in [0.15, 0.2) is 0 Å². The van der Waals surface area contributed by atoms with E-state index in [0.29, 0.717) is 19.0 Å². The summed E-state index contributed by atoms with van der Waals surface area (Å²) in [6, 6.07) is 0. The summed E-state index contributed by atoms with van der Waals surface area (Å²) in [6.45, 7) is 13.4. The van der Waals surface area contributed by atoms with Gasteiger partial charge < -0.3 is 5.32 Å². The van der Waals surface area contributed by atoms with E-state index in [9.17, 15) is 4.39 Å². The van der Waals surface area contributed by atoms with E-state index in [1.807, 2.05) is 6.92 Å². The van der Waals surface area contributed by atoms with Gasteiger partial charge in [-0.05, 0) is 18.4 Å². The van der Waals surface area contributed by atoms with Crippen molar-refractivity contribution in [2.45, 2.75) is 59.4 Å². The van der Waals surface area contributed by atoms with Gasteiger partial charge in [0, 0.05) is 17.7 Å². The first-order valence-corrected chi connectivity index (χ1v) is 6.92. The topological polar surface area (TPSA) is 37.8 Å². The fraction of sp³-hybridized carbons (Fsp3) is 0.733. The van der Waals surface area contributed by atoms with E-state index in [1.54, 1.807) is 0 Å². The van der Waals surface area contributed by atoms with Gasteiger partial charge in [-0.2, -0.15) is 0 Å². The second kappa shape index (κ2) is 6.42. The Morgan fingerprint density at radius 1 is 1.21 bits per heavy atom. The van der Waals surface area contributed by atoms with Gasteiger partial charge in [-0.25, -0.2) is 14.4 Å². The second-order valence-corrected chi connectivity index (χ2v) is 6.26. The van der Waals surface area contributed by atoms with E-state index in [-0.39, 0.29) is 12.1 Å². The first kappa shape index (κ1) is 16.0. The molecule has 0 bridgehead atoms. The molecule has 0 aliphatic carbocycles. The molecule has 0 fully saturated rings. The Hall–Kier alpha value is -1.03.